The highest BCUT2D eigenvalue weighted by molar-refractivity contribution is 4.69. The summed E-state index contributed by atoms with van der Waals surface area (Å²) in [5.41, 5.74) is 0. The van der Waals surface area contributed by atoms with Gasteiger partial charge in [-0.1, -0.05) is 13.3 Å². The SMILES string of the molecule is CCCCOC(CCO)C(O)CCCO. The van der Waals surface area contributed by atoms with E-state index >= 15 is 0 Å². The van der Waals surface area contributed by atoms with Crippen LogP contribution in [-0.2, 0) is 4.74 Å². The lowest BCUT2D eigenvalue weighted by Crippen LogP contribution is -2.30. The molecule has 0 amide bonds. The summed E-state index contributed by atoms with van der Waals surface area (Å²) in [6, 6.07) is 0. The molecule has 4 heteroatoms. The molecule has 4 nitrogen and oxygen atoms in total. The van der Waals surface area contributed by atoms with Gasteiger partial charge >= 0.3 is 0 Å². The summed E-state index contributed by atoms with van der Waals surface area (Å²) in [7, 11) is 0. The highest BCUT2D eigenvalue weighted by Gasteiger charge is 2.18. The third kappa shape index (κ3) is 7.73. The fourth-order valence-electron chi connectivity index (χ4n) is 1.38. The zero-order chi connectivity index (χ0) is 11.5. The summed E-state index contributed by atoms with van der Waals surface area (Å²) < 4.78 is 5.49. The van der Waals surface area contributed by atoms with E-state index in [0.717, 1.165) is 12.8 Å². The fraction of sp³-hybridized carbons (Fsp3) is 1.00. The summed E-state index contributed by atoms with van der Waals surface area (Å²) in [5, 5.41) is 27.2. The van der Waals surface area contributed by atoms with Crippen molar-refractivity contribution in [3.05, 3.63) is 0 Å². The molecule has 0 fully saturated rings. The summed E-state index contributed by atoms with van der Waals surface area (Å²) in [5.74, 6) is 0. The van der Waals surface area contributed by atoms with E-state index in [0.29, 0.717) is 25.9 Å². The van der Waals surface area contributed by atoms with Gasteiger partial charge < -0.3 is 20.1 Å². The van der Waals surface area contributed by atoms with Crippen LogP contribution in [0.5, 0.6) is 0 Å². The molecule has 0 aliphatic rings. The third-order valence-corrected chi connectivity index (χ3v) is 2.33. The second-order valence-electron chi connectivity index (χ2n) is 3.71. The molecule has 0 radical (unpaired) electrons. The predicted octanol–water partition coefficient (Wildman–Crippen LogP) is 0.688. The van der Waals surface area contributed by atoms with Crippen LogP contribution in [-0.4, -0.2) is 47.3 Å². The largest absolute Gasteiger partial charge is 0.396 e. The van der Waals surface area contributed by atoms with E-state index in [1.165, 1.54) is 0 Å². The Bertz CT molecular complexity index is 130. The van der Waals surface area contributed by atoms with Crippen LogP contribution in [0.2, 0.25) is 0 Å². The van der Waals surface area contributed by atoms with Crippen LogP contribution in [0.15, 0.2) is 0 Å². The zero-order valence-electron chi connectivity index (χ0n) is 9.56. The lowest BCUT2D eigenvalue weighted by atomic mass is 10.1. The highest BCUT2D eigenvalue weighted by Crippen LogP contribution is 2.10. The van der Waals surface area contributed by atoms with Crippen molar-refractivity contribution in [3.8, 4) is 0 Å². The molecule has 0 aliphatic carbocycles. The Kier molecular flexibility index (Phi) is 10.3. The van der Waals surface area contributed by atoms with Gasteiger partial charge in [-0.3, -0.25) is 0 Å². The van der Waals surface area contributed by atoms with Crippen molar-refractivity contribution in [3.63, 3.8) is 0 Å². The van der Waals surface area contributed by atoms with Gasteiger partial charge in [-0.2, -0.15) is 0 Å². The maximum absolute atomic E-state index is 9.72. The quantitative estimate of drug-likeness (QED) is 0.474. The molecule has 0 aromatic carbocycles. The van der Waals surface area contributed by atoms with Gasteiger partial charge in [0.2, 0.25) is 0 Å². The standard InChI is InChI=1S/C11H24O4/c1-2-3-9-15-11(6-8-13)10(14)5-4-7-12/h10-14H,2-9H2,1H3. The summed E-state index contributed by atoms with van der Waals surface area (Å²) in [6.45, 7) is 2.80. The first-order valence-electron chi connectivity index (χ1n) is 5.77. The van der Waals surface area contributed by atoms with Crippen LogP contribution < -0.4 is 0 Å². The Hall–Kier alpha value is -0.160. The first-order chi connectivity index (χ1) is 7.26. The summed E-state index contributed by atoms with van der Waals surface area (Å²) in [6.07, 6.45) is 2.69. The van der Waals surface area contributed by atoms with Crippen LogP contribution in [0.25, 0.3) is 0 Å². The Morgan fingerprint density at radius 2 is 1.80 bits per heavy atom. The Balaban J connectivity index is 3.77. The normalized spacial score (nSPS) is 15.2. The molecule has 0 spiro atoms. The molecule has 0 aromatic rings. The van der Waals surface area contributed by atoms with E-state index in [-0.39, 0.29) is 19.3 Å². The van der Waals surface area contributed by atoms with Gasteiger partial charge in [-0.05, 0) is 25.7 Å². The molecule has 0 bridgehead atoms. The number of hydrogen-bond acceptors (Lipinski definition) is 4. The lowest BCUT2D eigenvalue weighted by Gasteiger charge is -2.22. The first-order valence-corrected chi connectivity index (χ1v) is 5.77. The minimum absolute atomic E-state index is 0.0208. The van der Waals surface area contributed by atoms with Crippen LogP contribution in [0.3, 0.4) is 0 Å². The maximum Gasteiger partial charge on any atom is 0.0855 e. The summed E-state index contributed by atoms with van der Waals surface area (Å²) >= 11 is 0. The van der Waals surface area contributed by atoms with E-state index in [2.05, 4.69) is 6.92 Å². The number of unbranched alkanes of at least 4 members (excludes halogenated alkanes) is 1. The monoisotopic (exact) mass is 220 g/mol. The van der Waals surface area contributed by atoms with Crippen LogP contribution in [0, 0.1) is 0 Å². The van der Waals surface area contributed by atoms with E-state index in [1.54, 1.807) is 0 Å². The van der Waals surface area contributed by atoms with Crippen molar-refractivity contribution in [1.29, 1.82) is 0 Å². The Morgan fingerprint density at radius 3 is 2.33 bits per heavy atom. The molecule has 15 heavy (non-hydrogen) atoms. The predicted molar refractivity (Wildman–Crippen MR) is 58.7 cm³/mol. The van der Waals surface area contributed by atoms with Gasteiger partial charge in [0.25, 0.3) is 0 Å². The molecule has 2 atom stereocenters. The minimum Gasteiger partial charge on any atom is -0.396 e. The molecule has 0 heterocycles. The van der Waals surface area contributed by atoms with Crippen molar-refractivity contribution < 1.29 is 20.1 Å². The van der Waals surface area contributed by atoms with Crippen LogP contribution in [0.1, 0.15) is 39.0 Å². The zero-order valence-corrected chi connectivity index (χ0v) is 9.56. The average Bonchev–Trinajstić information content (AvgIpc) is 2.25. The van der Waals surface area contributed by atoms with E-state index in [9.17, 15) is 5.11 Å². The number of ether oxygens (including phenoxy) is 1. The molecule has 0 aliphatic heterocycles. The van der Waals surface area contributed by atoms with Crippen molar-refractivity contribution in [2.24, 2.45) is 0 Å². The van der Waals surface area contributed by atoms with Crippen molar-refractivity contribution >= 4 is 0 Å². The van der Waals surface area contributed by atoms with Gasteiger partial charge in [0, 0.05) is 19.8 Å². The molecule has 92 valence electrons. The smallest absolute Gasteiger partial charge is 0.0855 e. The van der Waals surface area contributed by atoms with Crippen molar-refractivity contribution in [1.82, 2.24) is 0 Å². The number of aliphatic hydroxyl groups is 3. The number of rotatable bonds is 10. The first kappa shape index (κ1) is 14.8. The maximum atomic E-state index is 9.72. The number of hydrogen-bond donors (Lipinski definition) is 3. The summed E-state index contributed by atoms with van der Waals surface area (Å²) in [4.78, 5) is 0. The molecule has 3 N–H and O–H groups in total. The minimum atomic E-state index is -0.582. The second kappa shape index (κ2) is 10.4. The van der Waals surface area contributed by atoms with Gasteiger partial charge in [-0.25, -0.2) is 0 Å². The Labute approximate surface area is 91.9 Å². The van der Waals surface area contributed by atoms with E-state index < -0.39 is 6.10 Å². The molecule has 0 aromatic heterocycles. The molecule has 0 saturated carbocycles. The Morgan fingerprint density at radius 1 is 1.07 bits per heavy atom. The third-order valence-electron chi connectivity index (χ3n) is 2.33. The van der Waals surface area contributed by atoms with Crippen molar-refractivity contribution in [2.75, 3.05) is 19.8 Å². The van der Waals surface area contributed by atoms with Gasteiger partial charge in [-0.15, -0.1) is 0 Å². The van der Waals surface area contributed by atoms with Gasteiger partial charge in [0.05, 0.1) is 12.2 Å². The van der Waals surface area contributed by atoms with Crippen LogP contribution in [0.4, 0.5) is 0 Å². The molecule has 0 rings (SSSR count). The van der Waals surface area contributed by atoms with Gasteiger partial charge in [0.1, 0.15) is 0 Å². The molecule has 0 saturated heterocycles. The molecular formula is C11H24O4. The average molecular weight is 220 g/mol. The second-order valence-corrected chi connectivity index (χ2v) is 3.71. The van der Waals surface area contributed by atoms with Gasteiger partial charge in [0.15, 0.2) is 0 Å². The topological polar surface area (TPSA) is 69.9 Å². The van der Waals surface area contributed by atoms with Crippen molar-refractivity contribution in [2.45, 2.75) is 51.2 Å². The van der Waals surface area contributed by atoms with Crippen LogP contribution >= 0.6 is 0 Å². The number of aliphatic hydroxyl groups excluding tert-OH is 3. The van der Waals surface area contributed by atoms with E-state index in [1.807, 2.05) is 0 Å². The highest BCUT2D eigenvalue weighted by atomic mass is 16.5. The lowest BCUT2D eigenvalue weighted by molar-refractivity contribution is -0.0530. The fourth-order valence-corrected chi connectivity index (χ4v) is 1.38. The molecular weight excluding hydrogens is 196 g/mol. The van der Waals surface area contributed by atoms with E-state index in [4.69, 9.17) is 14.9 Å². The molecule has 2 unspecified atom stereocenters.